The normalized spacial score (nSPS) is 17.3. The average Bonchev–Trinajstić information content (AvgIpc) is 2.97. The molecule has 2 rings (SSSR count). The molecular formula is C17H28N2O. The molecule has 0 amide bonds. The highest BCUT2D eigenvalue weighted by atomic mass is 16.5. The van der Waals surface area contributed by atoms with Crippen molar-refractivity contribution in [1.82, 2.24) is 4.90 Å². The van der Waals surface area contributed by atoms with Gasteiger partial charge in [-0.15, -0.1) is 0 Å². The van der Waals surface area contributed by atoms with Crippen molar-refractivity contribution in [3.05, 3.63) is 29.8 Å². The average molecular weight is 276 g/mol. The highest BCUT2D eigenvalue weighted by Gasteiger charge is 2.10. The molecule has 0 bridgehead atoms. The lowest BCUT2D eigenvalue weighted by Gasteiger charge is -2.15. The van der Waals surface area contributed by atoms with Gasteiger partial charge in [-0.3, -0.25) is 0 Å². The van der Waals surface area contributed by atoms with Gasteiger partial charge in [0.15, 0.2) is 0 Å². The summed E-state index contributed by atoms with van der Waals surface area (Å²) in [6.07, 6.45) is 5.78. The molecule has 0 aromatic heterocycles. The van der Waals surface area contributed by atoms with Gasteiger partial charge in [-0.1, -0.05) is 19.1 Å². The predicted octanol–water partition coefficient (Wildman–Crippen LogP) is 2.83. The molecule has 1 saturated heterocycles. The van der Waals surface area contributed by atoms with Crippen LogP contribution in [0.5, 0.6) is 5.75 Å². The Labute approximate surface area is 123 Å². The van der Waals surface area contributed by atoms with Crippen LogP contribution in [0.25, 0.3) is 0 Å². The fourth-order valence-electron chi connectivity index (χ4n) is 2.69. The van der Waals surface area contributed by atoms with Crippen LogP contribution in [-0.2, 0) is 6.42 Å². The lowest BCUT2D eigenvalue weighted by atomic mass is 10.0. The van der Waals surface area contributed by atoms with Gasteiger partial charge in [-0.05, 0) is 62.9 Å². The van der Waals surface area contributed by atoms with E-state index in [2.05, 4.69) is 30.0 Å². The van der Waals surface area contributed by atoms with Crippen molar-refractivity contribution in [2.24, 2.45) is 5.73 Å². The first-order valence-electron chi connectivity index (χ1n) is 7.97. The van der Waals surface area contributed by atoms with Crippen LogP contribution in [-0.4, -0.2) is 37.2 Å². The highest BCUT2D eigenvalue weighted by molar-refractivity contribution is 5.29. The summed E-state index contributed by atoms with van der Waals surface area (Å²) in [7, 11) is 0. The van der Waals surface area contributed by atoms with Gasteiger partial charge in [0.05, 0.1) is 6.61 Å². The van der Waals surface area contributed by atoms with Gasteiger partial charge in [-0.2, -0.15) is 0 Å². The summed E-state index contributed by atoms with van der Waals surface area (Å²) >= 11 is 0. The van der Waals surface area contributed by atoms with Crippen molar-refractivity contribution in [2.75, 3.05) is 26.2 Å². The van der Waals surface area contributed by atoms with Gasteiger partial charge in [0.25, 0.3) is 0 Å². The molecule has 1 aliphatic heterocycles. The molecule has 2 N–H and O–H groups in total. The number of ether oxygens (including phenoxy) is 1. The van der Waals surface area contributed by atoms with Crippen LogP contribution in [0.3, 0.4) is 0 Å². The van der Waals surface area contributed by atoms with Crippen molar-refractivity contribution in [2.45, 2.75) is 45.1 Å². The van der Waals surface area contributed by atoms with E-state index in [1.807, 2.05) is 6.07 Å². The summed E-state index contributed by atoms with van der Waals surface area (Å²) < 4.78 is 5.85. The van der Waals surface area contributed by atoms with E-state index in [-0.39, 0.29) is 6.04 Å². The maximum atomic E-state index is 6.00. The lowest BCUT2D eigenvalue weighted by molar-refractivity contribution is 0.263. The van der Waals surface area contributed by atoms with Gasteiger partial charge in [0.2, 0.25) is 0 Å². The summed E-state index contributed by atoms with van der Waals surface area (Å²) in [5, 5.41) is 0. The molecule has 0 saturated carbocycles. The number of benzene rings is 1. The van der Waals surface area contributed by atoms with Gasteiger partial charge < -0.3 is 15.4 Å². The van der Waals surface area contributed by atoms with E-state index in [1.54, 1.807) is 0 Å². The van der Waals surface area contributed by atoms with Gasteiger partial charge in [-0.25, -0.2) is 0 Å². The maximum Gasteiger partial charge on any atom is 0.119 e. The zero-order chi connectivity index (χ0) is 14.2. The number of nitrogens with zero attached hydrogens (tertiary/aromatic N) is 1. The molecule has 0 spiro atoms. The van der Waals surface area contributed by atoms with Crippen molar-refractivity contribution in [3.8, 4) is 5.75 Å². The molecule has 20 heavy (non-hydrogen) atoms. The molecule has 3 heteroatoms. The Morgan fingerprint density at radius 3 is 2.85 bits per heavy atom. The van der Waals surface area contributed by atoms with Gasteiger partial charge in [0, 0.05) is 12.6 Å². The number of likely N-dealkylation sites (tertiary alicyclic amines) is 1. The molecule has 0 aliphatic carbocycles. The Bertz CT molecular complexity index is 388. The Morgan fingerprint density at radius 2 is 2.10 bits per heavy atom. The Balaban J connectivity index is 1.70. The summed E-state index contributed by atoms with van der Waals surface area (Å²) in [4.78, 5) is 2.53. The third kappa shape index (κ3) is 5.14. The van der Waals surface area contributed by atoms with Crippen LogP contribution in [0.1, 0.15) is 38.2 Å². The van der Waals surface area contributed by atoms with Crippen molar-refractivity contribution >= 4 is 0 Å². The minimum Gasteiger partial charge on any atom is -0.494 e. The van der Waals surface area contributed by atoms with Gasteiger partial charge >= 0.3 is 0 Å². The van der Waals surface area contributed by atoms with Crippen LogP contribution in [0, 0.1) is 0 Å². The Kier molecular flexibility index (Phi) is 6.34. The minimum atomic E-state index is 0.250. The van der Waals surface area contributed by atoms with Crippen molar-refractivity contribution in [1.29, 1.82) is 0 Å². The molecule has 1 unspecified atom stereocenters. The SMILES string of the molecule is CCC(N)Cc1cccc(OCCCN2CCCC2)c1. The molecule has 1 aromatic rings. The van der Waals surface area contributed by atoms with E-state index in [4.69, 9.17) is 10.5 Å². The Morgan fingerprint density at radius 1 is 1.30 bits per heavy atom. The number of hydrogen-bond donors (Lipinski definition) is 1. The molecular weight excluding hydrogens is 248 g/mol. The molecule has 1 heterocycles. The lowest BCUT2D eigenvalue weighted by Crippen LogP contribution is -2.22. The fourth-order valence-corrected chi connectivity index (χ4v) is 2.69. The molecule has 0 radical (unpaired) electrons. The molecule has 1 aromatic carbocycles. The first-order chi connectivity index (χ1) is 9.78. The van der Waals surface area contributed by atoms with E-state index in [9.17, 15) is 0 Å². The number of hydrogen-bond acceptors (Lipinski definition) is 3. The van der Waals surface area contributed by atoms with Crippen LogP contribution < -0.4 is 10.5 Å². The highest BCUT2D eigenvalue weighted by Crippen LogP contribution is 2.15. The standard InChI is InChI=1S/C17H28N2O/c1-2-16(18)13-15-7-5-8-17(14-15)20-12-6-11-19-9-3-4-10-19/h5,7-8,14,16H,2-4,6,9-13,18H2,1H3. The van der Waals surface area contributed by atoms with Crippen LogP contribution in [0.2, 0.25) is 0 Å². The summed E-state index contributed by atoms with van der Waals surface area (Å²) in [6, 6.07) is 8.61. The number of rotatable bonds is 8. The molecule has 112 valence electrons. The van der Waals surface area contributed by atoms with E-state index in [0.29, 0.717) is 0 Å². The second kappa shape index (κ2) is 8.28. The zero-order valence-electron chi connectivity index (χ0n) is 12.7. The zero-order valence-corrected chi connectivity index (χ0v) is 12.7. The first-order valence-corrected chi connectivity index (χ1v) is 7.97. The quantitative estimate of drug-likeness (QED) is 0.742. The van der Waals surface area contributed by atoms with Gasteiger partial charge in [0.1, 0.15) is 5.75 Å². The van der Waals surface area contributed by atoms with Crippen LogP contribution in [0.15, 0.2) is 24.3 Å². The van der Waals surface area contributed by atoms with Crippen LogP contribution in [0.4, 0.5) is 0 Å². The van der Waals surface area contributed by atoms with E-state index in [0.717, 1.165) is 31.6 Å². The summed E-state index contributed by atoms with van der Waals surface area (Å²) in [6.45, 7) is 6.64. The third-order valence-electron chi connectivity index (χ3n) is 4.01. The van der Waals surface area contributed by atoms with Crippen LogP contribution >= 0.6 is 0 Å². The third-order valence-corrected chi connectivity index (χ3v) is 4.01. The molecule has 1 fully saturated rings. The van der Waals surface area contributed by atoms with Crippen molar-refractivity contribution < 1.29 is 4.74 Å². The summed E-state index contributed by atoms with van der Waals surface area (Å²) in [5.41, 5.74) is 7.27. The predicted molar refractivity (Wildman–Crippen MR) is 84.2 cm³/mol. The summed E-state index contributed by atoms with van der Waals surface area (Å²) in [5.74, 6) is 0.979. The van der Waals surface area contributed by atoms with Crippen molar-refractivity contribution in [3.63, 3.8) is 0 Å². The largest absolute Gasteiger partial charge is 0.494 e. The van der Waals surface area contributed by atoms with E-state index < -0.39 is 0 Å². The molecule has 1 aliphatic rings. The first kappa shape index (κ1) is 15.3. The molecule has 1 atom stereocenters. The minimum absolute atomic E-state index is 0.250. The van der Waals surface area contributed by atoms with E-state index in [1.165, 1.54) is 38.0 Å². The fraction of sp³-hybridized carbons (Fsp3) is 0.647. The smallest absolute Gasteiger partial charge is 0.119 e. The number of nitrogens with two attached hydrogens (primary N) is 1. The second-order valence-electron chi connectivity index (χ2n) is 5.77. The molecule has 3 nitrogen and oxygen atoms in total. The van der Waals surface area contributed by atoms with E-state index >= 15 is 0 Å². The second-order valence-corrected chi connectivity index (χ2v) is 5.77. The maximum absolute atomic E-state index is 6.00. The topological polar surface area (TPSA) is 38.5 Å². The monoisotopic (exact) mass is 276 g/mol. The Hall–Kier alpha value is -1.06.